The van der Waals surface area contributed by atoms with E-state index < -0.39 is 0 Å². The fraction of sp³-hybridized carbons (Fsp3) is 0.250. The Balaban J connectivity index is 1.76. The second-order valence-corrected chi connectivity index (χ2v) is 5.51. The molecular formula is C12H11N7S. The van der Waals surface area contributed by atoms with Crippen molar-refractivity contribution in [3.05, 3.63) is 30.1 Å². The first-order valence-electron chi connectivity index (χ1n) is 6.21. The molecule has 0 aliphatic carbocycles. The minimum Gasteiger partial charge on any atom is -0.237 e. The van der Waals surface area contributed by atoms with Crippen LogP contribution in [0, 0.1) is 0 Å². The second kappa shape index (κ2) is 4.41. The normalized spacial score (nSPS) is 14.3. The molecule has 100 valence electrons. The van der Waals surface area contributed by atoms with Gasteiger partial charge in [0.1, 0.15) is 12.1 Å². The fourth-order valence-electron chi connectivity index (χ4n) is 2.12. The van der Waals surface area contributed by atoms with Crippen molar-refractivity contribution in [2.75, 3.05) is 5.75 Å². The zero-order valence-corrected chi connectivity index (χ0v) is 11.6. The Morgan fingerprint density at radius 3 is 3.05 bits per heavy atom. The highest BCUT2D eigenvalue weighted by Crippen LogP contribution is 2.22. The van der Waals surface area contributed by atoms with Crippen LogP contribution >= 0.6 is 11.8 Å². The van der Waals surface area contributed by atoms with E-state index in [-0.39, 0.29) is 0 Å². The maximum absolute atomic E-state index is 4.49. The summed E-state index contributed by atoms with van der Waals surface area (Å²) in [6.07, 6.45) is 0. The number of thioether (sulfide) groups is 1. The monoisotopic (exact) mass is 285 g/mol. The zero-order valence-electron chi connectivity index (χ0n) is 10.8. The van der Waals surface area contributed by atoms with Gasteiger partial charge in [-0.1, -0.05) is 29.1 Å². The van der Waals surface area contributed by atoms with Crippen molar-refractivity contribution >= 4 is 28.5 Å². The summed E-state index contributed by atoms with van der Waals surface area (Å²) >= 11 is 1.65. The van der Waals surface area contributed by atoms with E-state index in [9.17, 15) is 0 Å². The molecule has 0 unspecified atom stereocenters. The summed E-state index contributed by atoms with van der Waals surface area (Å²) in [5.74, 6) is 1.63. The molecule has 8 heteroatoms. The van der Waals surface area contributed by atoms with Gasteiger partial charge in [0, 0.05) is 11.5 Å². The lowest BCUT2D eigenvalue weighted by Gasteiger charge is -2.10. The van der Waals surface area contributed by atoms with Crippen LogP contribution in [0.2, 0.25) is 0 Å². The molecule has 1 aliphatic rings. The van der Waals surface area contributed by atoms with Crippen LogP contribution in [0.1, 0.15) is 12.7 Å². The first-order valence-corrected chi connectivity index (χ1v) is 7.19. The zero-order chi connectivity index (χ0) is 13.5. The van der Waals surface area contributed by atoms with Crippen LogP contribution in [0.25, 0.3) is 11.0 Å². The summed E-state index contributed by atoms with van der Waals surface area (Å²) in [7, 11) is 0. The molecule has 0 amide bonds. The number of hydrogen-bond acceptors (Lipinski definition) is 6. The molecule has 0 saturated carbocycles. The van der Waals surface area contributed by atoms with Crippen LogP contribution in [0.3, 0.4) is 0 Å². The van der Waals surface area contributed by atoms with Crippen LogP contribution in [0.4, 0.5) is 0 Å². The van der Waals surface area contributed by atoms with Crippen molar-refractivity contribution in [2.45, 2.75) is 18.6 Å². The SMILES string of the molecule is CC1=Nn2c(Cn3nnc4ccccc43)nnc2SC1. The van der Waals surface area contributed by atoms with Gasteiger partial charge in [0.2, 0.25) is 5.16 Å². The average molecular weight is 285 g/mol. The van der Waals surface area contributed by atoms with Crippen LogP contribution in [-0.2, 0) is 6.54 Å². The Bertz CT molecular complexity index is 816. The maximum atomic E-state index is 4.49. The van der Waals surface area contributed by atoms with Gasteiger partial charge in [0.15, 0.2) is 5.82 Å². The Morgan fingerprint density at radius 1 is 1.20 bits per heavy atom. The number of hydrogen-bond donors (Lipinski definition) is 0. The molecule has 4 rings (SSSR count). The lowest BCUT2D eigenvalue weighted by Crippen LogP contribution is -2.13. The number of aromatic nitrogens is 6. The second-order valence-electron chi connectivity index (χ2n) is 4.57. The van der Waals surface area contributed by atoms with Gasteiger partial charge in [-0.2, -0.15) is 9.78 Å². The lowest BCUT2D eigenvalue weighted by atomic mass is 10.3. The van der Waals surface area contributed by atoms with Crippen molar-refractivity contribution in [3.8, 4) is 0 Å². The molecule has 0 fully saturated rings. The third kappa shape index (κ3) is 1.80. The molecule has 0 bridgehead atoms. The molecule has 0 radical (unpaired) electrons. The number of nitrogens with zero attached hydrogens (tertiary/aromatic N) is 7. The van der Waals surface area contributed by atoms with Crippen molar-refractivity contribution in [1.29, 1.82) is 0 Å². The molecule has 0 N–H and O–H groups in total. The number of rotatable bonds is 2. The predicted molar refractivity (Wildman–Crippen MR) is 75.9 cm³/mol. The summed E-state index contributed by atoms with van der Waals surface area (Å²) < 4.78 is 3.61. The van der Waals surface area contributed by atoms with Gasteiger partial charge in [-0.3, -0.25) is 0 Å². The van der Waals surface area contributed by atoms with E-state index >= 15 is 0 Å². The van der Waals surface area contributed by atoms with E-state index in [1.807, 2.05) is 35.9 Å². The van der Waals surface area contributed by atoms with Gasteiger partial charge in [-0.25, -0.2) is 4.68 Å². The molecule has 3 heterocycles. The van der Waals surface area contributed by atoms with Gasteiger partial charge in [0.25, 0.3) is 0 Å². The first kappa shape index (κ1) is 11.6. The van der Waals surface area contributed by atoms with Gasteiger partial charge >= 0.3 is 0 Å². The fourth-order valence-corrected chi connectivity index (χ4v) is 2.88. The Hall–Kier alpha value is -2.22. The highest BCUT2D eigenvalue weighted by atomic mass is 32.2. The summed E-state index contributed by atoms with van der Waals surface area (Å²) in [4.78, 5) is 0. The van der Waals surface area contributed by atoms with E-state index in [1.54, 1.807) is 16.4 Å². The number of para-hydroxylation sites is 1. The van der Waals surface area contributed by atoms with Crippen molar-refractivity contribution in [3.63, 3.8) is 0 Å². The summed E-state index contributed by atoms with van der Waals surface area (Å²) in [6.45, 7) is 2.51. The van der Waals surface area contributed by atoms with E-state index in [1.165, 1.54) is 0 Å². The number of fused-ring (bicyclic) bond motifs is 2. The van der Waals surface area contributed by atoms with Crippen molar-refractivity contribution in [1.82, 2.24) is 29.9 Å². The Labute approximate surface area is 118 Å². The van der Waals surface area contributed by atoms with E-state index in [2.05, 4.69) is 25.6 Å². The van der Waals surface area contributed by atoms with Crippen molar-refractivity contribution in [2.24, 2.45) is 5.10 Å². The Morgan fingerprint density at radius 2 is 2.10 bits per heavy atom. The van der Waals surface area contributed by atoms with E-state index in [0.29, 0.717) is 6.54 Å². The lowest BCUT2D eigenvalue weighted by molar-refractivity contribution is 0.606. The van der Waals surface area contributed by atoms with Crippen LogP contribution < -0.4 is 0 Å². The molecule has 7 nitrogen and oxygen atoms in total. The highest BCUT2D eigenvalue weighted by Gasteiger charge is 2.18. The molecule has 20 heavy (non-hydrogen) atoms. The molecule has 0 atom stereocenters. The molecule has 0 spiro atoms. The summed E-state index contributed by atoms with van der Waals surface area (Å²) in [5.41, 5.74) is 2.92. The van der Waals surface area contributed by atoms with Crippen LogP contribution in [-0.4, -0.2) is 41.3 Å². The van der Waals surface area contributed by atoms with E-state index in [0.717, 1.165) is 33.5 Å². The minimum atomic E-state index is 0.505. The van der Waals surface area contributed by atoms with Gasteiger partial charge in [0.05, 0.1) is 5.52 Å². The maximum Gasteiger partial charge on any atom is 0.212 e. The topological polar surface area (TPSA) is 73.8 Å². The minimum absolute atomic E-state index is 0.505. The summed E-state index contributed by atoms with van der Waals surface area (Å²) in [5, 5.41) is 22.0. The highest BCUT2D eigenvalue weighted by molar-refractivity contribution is 7.99. The smallest absolute Gasteiger partial charge is 0.212 e. The van der Waals surface area contributed by atoms with Gasteiger partial charge in [-0.05, 0) is 19.1 Å². The van der Waals surface area contributed by atoms with E-state index in [4.69, 9.17) is 0 Å². The first-order chi connectivity index (χ1) is 9.81. The third-order valence-electron chi connectivity index (χ3n) is 3.07. The summed E-state index contributed by atoms with van der Waals surface area (Å²) in [6, 6.07) is 7.85. The molecule has 1 aliphatic heterocycles. The molecule has 3 aromatic rings. The average Bonchev–Trinajstić information content (AvgIpc) is 3.05. The Kier molecular flexibility index (Phi) is 2.56. The quantitative estimate of drug-likeness (QED) is 0.711. The third-order valence-corrected chi connectivity index (χ3v) is 4.14. The predicted octanol–water partition coefficient (Wildman–Crippen LogP) is 1.40. The van der Waals surface area contributed by atoms with Crippen LogP contribution in [0.15, 0.2) is 34.5 Å². The molecule has 0 saturated heterocycles. The largest absolute Gasteiger partial charge is 0.237 e. The standard InChI is InChI=1S/C12H11N7S/c1-8-7-20-12-15-14-11(19(12)16-8)6-18-10-5-3-2-4-9(10)13-17-18/h2-5H,6-7H2,1H3. The van der Waals surface area contributed by atoms with Gasteiger partial charge < -0.3 is 0 Å². The number of benzene rings is 1. The molecular weight excluding hydrogens is 274 g/mol. The van der Waals surface area contributed by atoms with Gasteiger partial charge in [-0.15, -0.1) is 15.3 Å². The molecule has 1 aromatic carbocycles. The molecule has 2 aromatic heterocycles. The van der Waals surface area contributed by atoms with Crippen molar-refractivity contribution < 1.29 is 0 Å². The van der Waals surface area contributed by atoms with Crippen LogP contribution in [0.5, 0.6) is 0 Å².